The van der Waals surface area contributed by atoms with Gasteiger partial charge in [0, 0.05) is 5.25 Å². The van der Waals surface area contributed by atoms with Gasteiger partial charge in [0.25, 0.3) is 0 Å². The van der Waals surface area contributed by atoms with Crippen molar-refractivity contribution < 1.29 is 0 Å². The molecule has 0 fully saturated rings. The molecule has 0 spiro atoms. The third-order valence-corrected chi connectivity index (χ3v) is 2.73. The summed E-state index contributed by atoms with van der Waals surface area (Å²) < 4.78 is 0. The minimum absolute atomic E-state index is 0.870. The van der Waals surface area contributed by atoms with Gasteiger partial charge in [0.15, 0.2) is 0 Å². The third kappa shape index (κ3) is 4.51. The van der Waals surface area contributed by atoms with Gasteiger partial charge in [-0.15, -0.1) is 0 Å². The maximum absolute atomic E-state index is 2.29. The van der Waals surface area contributed by atoms with Gasteiger partial charge >= 0.3 is 0 Å². The maximum Gasteiger partial charge on any atom is 0.00160 e. The van der Waals surface area contributed by atoms with Gasteiger partial charge in [-0.2, -0.15) is 11.8 Å². The lowest BCUT2D eigenvalue weighted by atomic mass is 10.4. The van der Waals surface area contributed by atoms with Crippen LogP contribution in [-0.4, -0.2) is 11.0 Å². The monoisotopic (exact) mass is 132 g/mol. The van der Waals surface area contributed by atoms with Crippen LogP contribution < -0.4 is 0 Å². The molecule has 0 nitrogen and oxygen atoms in total. The molecule has 0 aliphatic rings. The van der Waals surface area contributed by atoms with E-state index in [2.05, 4.69) is 32.5 Å². The van der Waals surface area contributed by atoms with Crippen molar-refractivity contribution in [1.29, 1.82) is 0 Å². The highest BCUT2D eigenvalue weighted by atomic mass is 32.2. The molecule has 0 aromatic rings. The summed E-state index contributed by atoms with van der Waals surface area (Å²) in [5, 5.41) is 0.870. The predicted molar refractivity (Wildman–Crippen MR) is 42.5 cm³/mol. The van der Waals surface area contributed by atoms with Gasteiger partial charge in [0.2, 0.25) is 0 Å². The Morgan fingerprint density at radius 1 is 1.38 bits per heavy atom. The van der Waals surface area contributed by atoms with Crippen molar-refractivity contribution in [3.63, 3.8) is 0 Å². The summed E-state index contributed by atoms with van der Waals surface area (Å²) in [5.41, 5.74) is 0. The van der Waals surface area contributed by atoms with Crippen LogP contribution >= 0.6 is 11.8 Å². The summed E-state index contributed by atoms with van der Waals surface area (Å²) in [6.07, 6.45) is 2.62. The molecule has 0 N–H and O–H groups in total. The molecule has 0 saturated heterocycles. The lowest BCUT2D eigenvalue weighted by Gasteiger charge is -2.04. The predicted octanol–water partition coefficient (Wildman–Crippen LogP) is 2.93. The van der Waals surface area contributed by atoms with E-state index in [0.29, 0.717) is 0 Å². The molecule has 0 rings (SSSR count). The summed E-state index contributed by atoms with van der Waals surface area (Å²) in [7, 11) is 0. The molecule has 0 radical (unpaired) electrons. The van der Waals surface area contributed by atoms with Gasteiger partial charge in [0.1, 0.15) is 0 Å². The second-order valence-corrected chi connectivity index (χ2v) is 3.64. The highest BCUT2D eigenvalue weighted by molar-refractivity contribution is 7.99. The van der Waals surface area contributed by atoms with Gasteiger partial charge in [-0.1, -0.05) is 20.8 Å². The number of thioether (sulfide) groups is 1. The average molecular weight is 132 g/mol. The van der Waals surface area contributed by atoms with Crippen LogP contribution in [0.1, 0.15) is 33.6 Å². The highest BCUT2D eigenvalue weighted by Gasteiger charge is 1.94. The molecule has 0 saturated carbocycles. The van der Waals surface area contributed by atoms with Gasteiger partial charge in [-0.25, -0.2) is 0 Å². The van der Waals surface area contributed by atoms with E-state index < -0.39 is 0 Å². The fraction of sp³-hybridized carbons (Fsp3) is 1.00. The van der Waals surface area contributed by atoms with Crippen LogP contribution in [-0.2, 0) is 0 Å². The zero-order valence-electron chi connectivity index (χ0n) is 6.11. The van der Waals surface area contributed by atoms with E-state index in [1.807, 2.05) is 0 Å². The molecule has 0 aromatic heterocycles. The van der Waals surface area contributed by atoms with Crippen LogP contribution in [0.25, 0.3) is 0 Å². The van der Waals surface area contributed by atoms with Crippen molar-refractivity contribution in [2.45, 2.75) is 38.9 Å². The summed E-state index contributed by atoms with van der Waals surface area (Å²) in [5.74, 6) is 1.33. The number of rotatable bonds is 4. The molecule has 0 aliphatic heterocycles. The molecular formula is C7H16S. The molecule has 0 heterocycles. The van der Waals surface area contributed by atoms with Crippen molar-refractivity contribution in [3.8, 4) is 0 Å². The van der Waals surface area contributed by atoms with Crippen LogP contribution in [0.3, 0.4) is 0 Å². The minimum Gasteiger partial charge on any atom is -0.159 e. The van der Waals surface area contributed by atoms with E-state index in [-0.39, 0.29) is 0 Å². The lowest BCUT2D eigenvalue weighted by Crippen LogP contribution is -1.92. The molecule has 0 bridgehead atoms. The summed E-state index contributed by atoms with van der Waals surface area (Å²) >= 11 is 2.08. The molecule has 0 aromatic carbocycles. The second kappa shape index (κ2) is 5.49. The van der Waals surface area contributed by atoms with Crippen molar-refractivity contribution in [2.75, 3.05) is 5.75 Å². The summed E-state index contributed by atoms with van der Waals surface area (Å²) in [4.78, 5) is 0. The topological polar surface area (TPSA) is 0 Å². The first-order chi connectivity index (χ1) is 3.81. The Balaban J connectivity index is 2.86. The van der Waals surface area contributed by atoms with Crippen LogP contribution in [0.15, 0.2) is 0 Å². The van der Waals surface area contributed by atoms with Crippen molar-refractivity contribution in [3.05, 3.63) is 0 Å². The van der Waals surface area contributed by atoms with Crippen LogP contribution in [0, 0.1) is 0 Å². The van der Waals surface area contributed by atoms with Gasteiger partial charge in [0.05, 0.1) is 0 Å². The number of hydrogen-bond donors (Lipinski definition) is 0. The SMILES string of the molecule is CCCSC(C)CC. The lowest BCUT2D eigenvalue weighted by molar-refractivity contribution is 0.902. The molecular weight excluding hydrogens is 116 g/mol. The second-order valence-electron chi connectivity index (χ2n) is 2.09. The first kappa shape index (κ1) is 8.35. The highest BCUT2D eigenvalue weighted by Crippen LogP contribution is 2.13. The Morgan fingerprint density at radius 2 is 2.00 bits per heavy atom. The maximum atomic E-state index is 2.29. The minimum atomic E-state index is 0.870. The van der Waals surface area contributed by atoms with E-state index >= 15 is 0 Å². The van der Waals surface area contributed by atoms with Crippen LogP contribution in [0.2, 0.25) is 0 Å². The molecule has 8 heavy (non-hydrogen) atoms. The zero-order valence-corrected chi connectivity index (χ0v) is 6.92. The van der Waals surface area contributed by atoms with E-state index in [1.165, 1.54) is 18.6 Å². The Hall–Kier alpha value is 0.350. The van der Waals surface area contributed by atoms with Crippen LogP contribution in [0.5, 0.6) is 0 Å². The largest absolute Gasteiger partial charge is 0.159 e. The average Bonchev–Trinajstić information content (AvgIpc) is 1.83. The fourth-order valence-corrected chi connectivity index (χ4v) is 1.31. The van der Waals surface area contributed by atoms with Crippen molar-refractivity contribution in [2.24, 2.45) is 0 Å². The fourth-order valence-electron chi connectivity index (χ4n) is 0.437. The van der Waals surface area contributed by atoms with E-state index in [4.69, 9.17) is 0 Å². The molecule has 50 valence electrons. The van der Waals surface area contributed by atoms with Gasteiger partial charge < -0.3 is 0 Å². The molecule has 0 aliphatic carbocycles. The normalized spacial score (nSPS) is 13.9. The summed E-state index contributed by atoms with van der Waals surface area (Å²) in [6, 6.07) is 0. The van der Waals surface area contributed by atoms with Crippen molar-refractivity contribution in [1.82, 2.24) is 0 Å². The zero-order chi connectivity index (χ0) is 6.41. The Labute approximate surface area is 57.1 Å². The Bertz CT molecular complexity index is 43.7. The molecule has 1 unspecified atom stereocenters. The Morgan fingerprint density at radius 3 is 2.38 bits per heavy atom. The molecule has 0 amide bonds. The van der Waals surface area contributed by atoms with E-state index in [0.717, 1.165) is 5.25 Å². The van der Waals surface area contributed by atoms with Crippen molar-refractivity contribution >= 4 is 11.8 Å². The molecule has 1 atom stereocenters. The third-order valence-electron chi connectivity index (χ3n) is 1.18. The quantitative estimate of drug-likeness (QED) is 0.566. The first-order valence-electron chi connectivity index (χ1n) is 3.42. The van der Waals surface area contributed by atoms with Gasteiger partial charge in [-0.3, -0.25) is 0 Å². The Kier molecular flexibility index (Phi) is 5.73. The van der Waals surface area contributed by atoms with E-state index in [9.17, 15) is 0 Å². The molecule has 1 heteroatoms. The van der Waals surface area contributed by atoms with Crippen LogP contribution in [0.4, 0.5) is 0 Å². The summed E-state index contributed by atoms with van der Waals surface area (Å²) in [6.45, 7) is 6.77. The standard InChI is InChI=1S/C7H16S/c1-4-6-8-7(3)5-2/h7H,4-6H2,1-3H3. The smallest absolute Gasteiger partial charge is 0.00160 e. The van der Waals surface area contributed by atoms with Gasteiger partial charge in [-0.05, 0) is 18.6 Å². The number of hydrogen-bond acceptors (Lipinski definition) is 1. The first-order valence-corrected chi connectivity index (χ1v) is 4.47. The van der Waals surface area contributed by atoms with E-state index in [1.54, 1.807) is 0 Å².